The molecule has 0 aliphatic carbocycles. The van der Waals surface area contributed by atoms with Crippen molar-refractivity contribution in [3.05, 3.63) is 47.3 Å². The van der Waals surface area contributed by atoms with Crippen molar-refractivity contribution in [2.24, 2.45) is 5.92 Å². The molecule has 7 heteroatoms. The molecule has 1 aromatic heterocycles. The standard InChI is InChI=1S/C24H33N3O4/c1-17-14-22(18(2)27(17)20-4-6-21(29-3)7-5-20)24(28)25-15-23(19-8-11-31-16-19)26-9-12-30-13-10-26/h4-7,14,19,23H,8-13,15-16H2,1-3H3,(H,25,28). The fourth-order valence-corrected chi connectivity index (χ4v) is 4.77. The Hall–Kier alpha value is -2.35. The number of benzene rings is 1. The summed E-state index contributed by atoms with van der Waals surface area (Å²) in [4.78, 5) is 15.6. The van der Waals surface area contributed by atoms with E-state index in [2.05, 4.69) is 14.8 Å². The Morgan fingerprint density at radius 1 is 1.16 bits per heavy atom. The third-order valence-corrected chi connectivity index (χ3v) is 6.50. The van der Waals surface area contributed by atoms with Crippen LogP contribution in [0.1, 0.15) is 28.2 Å². The zero-order valence-electron chi connectivity index (χ0n) is 18.7. The largest absolute Gasteiger partial charge is 0.497 e. The van der Waals surface area contributed by atoms with Crippen molar-refractivity contribution in [1.29, 1.82) is 0 Å². The number of ether oxygens (including phenoxy) is 3. The van der Waals surface area contributed by atoms with Gasteiger partial charge in [-0.2, -0.15) is 0 Å². The lowest BCUT2D eigenvalue weighted by Crippen LogP contribution is -2.52. The first-order chi connectivity index (χ1) is 15.1. The predicted octanol–water partition coefficient (Wildman–Crippen LogP) is 2.57. The number of aromatic nitrogens is 1. The molecule has 2 unspecified atom stereocenters. The molecule has 1 amide bonds. The van der Waals surface area contributed by atoms with Crippen molar-refractivity contribution in [1.82, 2.24) is 14.8 Å². The lowest BCUT2D eigenvalue weighted by molar-refractivity contribution is 0.00166. The van der Waals surface area contributed by atoms with Crippen molar-refractivity contribution in [2.75, 3.05) is 53.2 Å². The molecule has 7 nitrogen and oxygen atoms in total. The van der Waals surface area contributed by atoms with E-state index >= 15 is 0 Å². The summed E-state index contributed by atoms with van der Waals surface area (Å²) in [7, 11) is 1.66. The van der Waals surface area contributed by atoms with Crippen LogP contribution in [0.4, 0.5) is 0 Å². The zero-order chi connectivity index (χ0) is 21.8. The number of carbonyl (C=O) groups is 1. The van der Waals surface area contributed by atoms with Gasteiger partial charge in [0.2, 0.25) is 0 Å². The second kappa shape index (κ2) is 9.85. The molecule has 2 saturated heterocycles. The van der Waals surface area contributed by atoms with Gasteiger partial charge in [-0.1, -0.05) is 0 Å². The maximum atomic E-state index is 13.1. The normalized spacial score (nSPS) is 20.5. The lowest BCUT2D eigenvalue weighted by Gasteiger charge is -2.37. The minimum absolute atomic E-state index is 0.0231. The molecule has 1 aromatic carbocycles. The molecule has 2 aromatic rings. The summed E-state index contributed by atoms with van der Waals surface area (Å²) in [6.45, 7) is 9.54. The number of carbonyl (C=O) groups excluding carboxylic acids is 1. The van der Waals surface area contributed by atoms with Crippen molar-refractivity contribution in [2.45, 2.75) is 26.3 Å². The van der Waals surface area contributed by atoms with Crippen LogP contribution in [0.15, 0.2) is 30.3 Å². The van der Waals surface area contributed by atoms with Crippen LogP contribution in [0.25, 0.3) is 5.69 Å². The Morgan fingerprint density at radius 2 is 1.90 bits per heavy atom. The van der Waals surface area contributed by atoms with Gasteiger partial charge in [-0.15, -0.1) is 0 Å². The predicted molar refractivity (Wildman–Crippen MR) is 119 cm³/mol. The third-order valence-electron chi connectivity index (χ3n) is 6.50. The van der Waals surface area contributed by atoms with Crippen LogP contribution < -0.4 is 10.1 Å². The number of methoxy groups -OCH3 is 1. The molecule has 168 valence electrons. The molecule has 1 N–H and O–H groups in total. The molecule has 0 radical (unpaired) electrons. The van der Waals surface area contributed by atoms with Gasteiger partial charge in [0, 0.05) is 55.3 Å². The smallest absolute Gasteiger partial charge is 0.253 e. The number of morpholine rings is 1. The fourth-order valence-electron chi connectivity index (χ4n) is 4.77. The Kier molecular flexibility index (Phi) is 6.95. The summed E-state index contributed by atoms with van der Waals surface area (Å²) in [5, 5.41) is 3.21. The van der Waals surface area contributed by atoms with Crippen LogP contribution in [-0.2, 0) is 9.47 Å². The highest BCUT2D eigenvalue weighted by Gasteiger charge is 2.32. The molecule has 31 heavy (non-hydrogen) atoms. The SMILES string of the molecule is COc1ccc(-n2c(C)cc(C(=O)NCC(C3CCOC3)N3CCOCC3)c2C)cc1. The average Bonchev–Trinajstić information content (AvgIpc) is 3.43. The number of nitrogens with zero attached hydrogens (tertiary/aromatic N) is 2. The summed E-state index contributed by atoms with van der Waals surface area (Å²) in [5.74, 6) is 1.24. The summed E-state index contributed by atoms with van der Waals surface area (Å²) < 4.78 is 18.5. The summed E-state index contributed by atoms with van der Waals surface area (Å²) in [5.41, 5.74) is 3.70. The molecule has 0 spiro atoms. The van der Waals surface area contributed by atoms with E-state index in [1.807, 2.05) is 44.2 Å². The number of nitrogens with one attached hydrogen (secondary N) is 1. The quantitative estimate of drug-likeness (QED) is 0.736. The first-order valence-corrected chi connectivity index (χ1v) is 11.1. The molecule has 2 fully saturated rings. The molecule has 0 bridgehead atoms. The van der Waals surface area contributed by atoms with Crippen molar-refractivity contribution >= 4 is 5.91 Å². The average molecular weight is 428 g/mol. The van der Waals surface area contributed by atoms with Crippen molar-refractivity contribution < 1.29 is 19.0 Å². The van der Waals surface area contributed by atoms with Crippen molar-refractivity contribution in [3.8, 4) is 11.4 Å². The summed E-state index contributed by atoms with van der Waals surface area (Å²) in [6, 6.07) is 10.1. The zero-order valence-corrected chi connectivity index (χ0v) is 18.7. The number of aryl methyl sites for hydroxylation is 1. The van der Waals surface area contributed by atoms with Crippen LogP contribution in [0.3, 0.4) is 0 Å². The third kappa shape index (κ3) is 4.79. The highest BCUT2D eigenvalue weighted by molar-refractivity contribution is 5.96. The Bertz CT molecular complexity index is 881. The number of hydrogen-bond donors (Lipinski definition) is 1. The molecule has 4 rings (SSSR count). The molecule has 2 aliphatic rings. The molecular weight excluding hydrogens is 394 g/mol. The van der Waals surface area contributed by atoms with Gasteiger partial charge in [-0.3, -0.25) is 9.69 Å². The van der Waals surface area contributed by atoms with Crippen LogP contribution in [0.2, 0.25) is 0 Å². The first kappa shape index (κ1) is 21.9. The monoisotopic (exact) mass is 427 g/mol. The van der Waals surface area contributed by atoms with Gasteiger partial charge in [0.1, 0.15) is 5.75 Å². The maximum absolute atomic E-state index is 13.1. The van der Waals surface area contributed by atoms with E-state index in [1.54, 1.807) is 7.11 Å². The van der Waals surface area contributed by atoms with E-state index in [9.17, 15) is 4.79 Å². The molecule has 2 aliphatic heterocycles. The topological polar surface area (TPSA) is 65.0 Å². The maximum Gasteiger partial charge on any atom is 0.253 e. The molecule has 0 saturated carbocycles. The molecular formula is C24H33N3O4. The van der Waals surface area contributed by atoms with Crippen LogP contribution in [0.5, 0.6) is 5.75 Å². The van der Waals surface area contributed by atoms with E-state index in [-0.39, 0.29) is 11.9 Å². The minimum atomic E-state index is -0.0231. The summed E-state index contributed by atoms with van der Waals surface area (Å²) in [6.07, 6.45) is 1.05. The van der Waals surface area contributed by atoms with E-state index in [4.69, 9.17) is 14.2 Å². The number of rotatable bonds is 7. The second-order valence-electron chi connectivity index (χ2n) is 8.37. The highest BCUT2D eigenvalue weighted by Crippen LogP contribution is 2.24. The van der Waals surface area contributed by atoms with Gasteiger partial charge in [0.05, 0.1) is 32.5 Å². The Labute approximate surface area is 184 Å². The number of hydrogen-bond acceptors (Lipinski definition) is 5. The van der Waals surface area contributed by atoms with E-state index in [0.29, 0.717) is 12.5 Å². The Morgan fingerprint density at radius 3 is 2.55 bits per heavy atom. The first-order valence-electron chi connectivity index (χ1n) is 11.1. The van der Waals surface area contributed by atoms with Gasteiger partial charge < -0.3 is 24.1 Å². The fraction of sp³-hybridized carbons (Fsp3) is 0.542. The summed E-state index contributed by atoms with van der Waals surface area (Å²) >= 11 is 0. The molecule has 3 heterocycles. The van der Waals surface area contributed by atoms with Gasteiger partial charge in [-0.25, -0.2) is 0 Å². The van der Waals surface area contributed by atoms with Crippen molar-refractivity contribution in [3.63, 3.8) is 0 Å². The second-order valence-corrected chi connectivity index (χ2v) is 8.37. The van der Waals surface area contributed by atoms with E-state index in [0.717, 1.165) is 74.3 Å². The van der Waals surface area contributed by atoms with Crippen LogP contribution in [0, 0.1) is 19.8 Å². The minimum Gasteiger partial charge on any atom is -0.497 e. The highest BCUT2D eigenvalue weighted by atomic mass is 16.5. The van der Waals surface area contributed by atoms with E-state index < -0.39 is 0 Å². The van der Waals surface area contributed by atoms with Crippen LogP contribution >= 0.6 is 0 Å². The van der Waals surface area contributed by atoms with Gasteiger partial charge in [-0.05, 0) is 50.6 Å². The van der Waals surface area contributed by atoms with Crippen LogP contribution in [-0.4, -0.2) is 74.6 Å². The van der Waals surface area contributed by atoms with Gasteiger partial charge in [0.25, 0.3) is 5.91 Å². The molecule has 2 atom stereocenters. The van der Waals surface area contributed by atoms with Gasteiger partial charge in [0.15, 0.2) is 0 Å². The number of amides is 1. The van der Waals surface area contributed by atoms with E-state index in [1.165, 1.54) is 0 Å². The van der Waals surface area contributed by atoms with Gasteiger partial charge >= 0.3 is 0 Å². The lowest BCUT2D eigenvalue weighted by atomic mass is 9.96. The Balaban J connectivity index is 1.48.